The predicted octanol–water partition coefficient (Wildman–Crippen LogP) is 1.63. The van der Waals surface area contributed by atoms with E-state index in [0.717, 1.165) is 59.9 Å². The topological polar surface area (TPSA) is 154 Å². The van der Waals surface area contributed by atoms with Crippen LogP contribution >= 0.6 is 0 Å². The highest BCUT2D eigenvalue weighted by Crippen LogP contribution is 2.29. The van der Waals surface area contributed by atoms with E-state index in [1.807, 2.05) is 36.7 Å². The third-order valence-corrected chi connectivity index (χ3v) is 8.08. The Labute approximate surface area is 242 Å². The SMILES string of the molecule is NC(=O)C(CCC=O)N1C(=O)c2ccc(NCCCN3CC(N4CC(c5cnc6ccccc6n5)C=N4)C3)cc2C1=O. The minimum absolute atomic E-state index is 0.0105. The molecule has 2 atom stereocenters. The Balaban J connectivity index is 0.946. The van der Waals surface area contributed by atoms with Gasteiger partial charge in [0.2, 0.25) is 5.91 Å². The molecule has 12 heteroatoms. The summed E-state index contributed by atoms with van der Waals surface area (Å²) in [6, 6.07) is 12.1. The van der Waals surface area contributed by atoms with E-state index in [1.165, 1.54) is 0 Å². The van der Waals surface area contributed by atoms with Crippen LogP contribution in [-0.2, 0) is 9.59 Å². The molecule has 3 N–H and O–H groups in total. The lowest BCUT2D eigenvalue weighted by Gasteiger charge is -2.43. The summed E-state index contributed by atoms with van der Waals surface area (Å²) in [6.07, 6.45) is 5.39. The van der Waals surface area contributed by atoms with E-state index in [9.17, 15) is 19.2 Å². The Morgan fingerprint density at radius 2 is 1.86 bits per heavy atom. The molecule has 0 spiro atoms. The van der Waals surface area contributed by atoms with Crippen LogP contribution in [0.25, 0.3) is 11.0 Å². The molecule has 0 bridgehead atoms. The second kappa shape index (κ2) is 11.6. The van der Waals surface area contributed by atoms with E-state index in [2.05, 4.69) is 25.3 Å². The molecular formula is C30H32N8O4. The minimum Gasteiger partial charge on any atom is -0.385 e. The lowest BCUT2D eigenvalue weighted by Crippen LogP contribution is -2.57. The molecule has 4 heterocycles. The van der Waals surface area contributed by atoms with Gasteiger partial charge in [0.1, 0.15) is 12.3 Å². The Kier molecular flexibility index (Phi) is 7.62. The van der Waals surface area contributed by atoms with E-state index in [0.29, 0.717) is 18.9 Å². The standard InChI is InChI=1S/C30H32N8O4/c31-28(40)27(7-3-12-39)38-29(41)22-9-8-20(13-23(22)30(38)42)32-10-4-11-36-17-21(18-36)37-16-19(14-34-37)26-15-33-24-5-1-2-6-25(24)35-26/h1-2,5-6,8-9,12-15,19,21,27,32H,3-4,7,10-11,16-18H2,(H2,31,40). The molecule has 0 radical (unpaired) electrons. The molecule has 216 valence electrons. The summed E-state index contributed by atoms with van der Waals surface area (Å²) >= 11 is 0. The van der Waals surface area contributed by atoms with Gasteiger partial charge < -0.3 is 15.8 Å². The first-order valence-electron chi connectivity index (χ1n) is 14.2. The molecule has 6 rings (SSSR count). The van der Waals surface area contributed by atoms with E-state index in [1.54, 1.807) is 18.2 Å². The zero-order valence-corrected chi connectivity index (χ0v) is 23.1. The third-order valence-electron chi connectivity index (χ3n) is 8.08. The lowest BCUT2D eigenvalue weighted by molar-refractivity contribution is -0.122. The number of hydrogen-bond acceptors (Lipinski definition) is 10. The summed E-state index contributed by atoms with van der Waals surface area (Å²) in [5.41, 5.74) is 9.34. The minimum atomic E-state index is -1.15. The number of hydrogen-bond donors (Lipinski definition) is 2. The lowest BCUT2D eigenvalue weighted by atomic mass is 10.0. The van der Waals surface area contributed by atoms with Gasteiger partial charge in [0.05, 0.1) is 39.8 Å². The van der Waals surface area contributed by atoms with Crippen LogP contribution in [0.2, 0.25) is 0 Å². The second-order valence-corrected chi connectivity index (χ2v) is 10.9. The fourth-order valence-electron chi connectivity index (χ4n) is 5.75. The van der Waals surface area contributed by atoms with Crippen molar-refractivity contribution in [2.24, 2.45) is 10.8 Å². The van der Waals surface area contributed by atoms with Crippen molar-refractivity contribution in [2.75, 3.05) is 38.0 Å². The van der Waals surface area contributed by atoms with Gasteiger partial charge in [0.15, 0.2) is 0 Å². The van der Waals surface area contributed by atoms with E-state index >= 15 is 0 Å². The number of rotatable bonds is 12. The number of anilines is 1. The van der Waals surface area contributed by atoms with Crippen molar-refractivity contribution in [1.82, 2.24) is 24.8 Å². The molecule has 1 saturated heterocycles. The summed E-state index contributed by atoms with van der Waals surface area (Å²) in [5, 5.41) is 10.1. The fraction of sp³-hybridized carbons (Fsp3) is 0.367. The summed E-state index contributed by atoms with van der Waals surface area (Å²) in [5.74, 6) is -1.81. The number of benzene rings is 2. The van der Waals surface area contributed by atoms with Gasteiger partial charge in [0, 0.05) is 50.7 Å². The molecule has 0 saturated carbocycles. The van der Waals surface area contributed by atoms with Gasteiger partial charge in [-0.2, -0.15) is 5.10 Å². The molecule has 1 aromatic heterocycles. The van der Waals surface area contributed by atoms with Gasteiger partial charge in [-0.3, -0.25) is 34.2 Å². The average molecular weight is 569 g/mol. The van der Waals surface area contributed by atoms with Crippen LogP contribution in [0.5, 0.6) is 0 Å². The monoisotopic (exact) mass is 568 g/mol. The van der Waals surface area contributed by atoms with Gasteiger partial charge in [-0.1, -0.05) is 12.1 Å². The summed E-state index contributed by atoms with van der Waals surface area (Å²) in [7, 11) is 0. The van der Waals surface area contributed by atoms with Crippen LogP contribution in [-0.4, -0.2) is 99.8 Å². The van der Waals surface area contributed by atoms with Crippen molar-refractivity contribution < 1.29 is 19.2 Å². The zero-order valence-electron chi connectivity index (χ0n) is 23.1. The number of hydrazone groups is 1. The number of amides is 3. The molecule has 1 fully saturated rings. The van der Waals surface area contributed by atoms with Crippen LogP contribution in [0.4, 0.5) is 5.69 Å². The van der Waals surface area contributed by atoms with Crippen LogP contribution in [0.15, 0.2) is 53.8 Å². The molecule has 3 aromatic rings. The maximum Gasteiger partial charge on any atom is 0.262 e. The summed E-state index contributed by atoms with van der Waals surface area (Å²) in [4.78, 5) is 61.1. The first kappa shape index (κ1) is 27.5. The fourth-order valence-corrected chi connectivity index (χ4v) is 5.75. The number of likely N-dealkylation sites (tertiary alicyclic amines) is 1. The van der Waals surface area contributed by atoms with E-state index in [-0.39, 0.29) is 29.9 Å². The molecule has 3 aliphatic heterocycles. The quantitative estimate of drug-likeness (QED) is 0.188. The molecule has 2 aromatic carbocycles. The first-order chi connectivity index (χ1) is 20.4. The second-order valence-electron chi connectivity index (χ2n) is 10.9. The van der Waals surface area contributed by atoms with Crippen molar-refractivity contribution in [3.63, 3.8) is 0 Å². The molecule has 42 heavy (non-hydrogen) atoms. The molecule has 2 unspecified atom stereocenters. The number of nitrogens with two attached hydrogens (primary N) is 1. The highest BCUT2D eigenvalue weighted by molar-refractivity contribution is 6.23. The predicted molar refractivity (Wildman–Crippen MR) is 156 cm³/mol. The number of fused-ring (bicyclic) bond motifs is 2. The number of carbonyl (C=O) groups excluding carboxylic acids is 4. The van der Waals surface area contributed by atoms with Gasteiger partial charge >= 0.3 is 0 Å². The largest absolute Gasteiger partial charge is 0.385 e. The van der Waals surface area contributed by atoms with Gasteiger partial charge in [-0.05, 0) is 49.7 Å². The number of primary amides is 1. The maximum atomic E-state index is 13.0. The number of imide groups is 1. The van der Waals surface area contributed by atoms with Crippen molar-refractivity contribution >= 4 is 46.9 Å². The first-order valence-corrected chi connectivity index (χ1v) is 14.2. The van der Waals surface area contributed by atoms with Crippen LogP contribution in [0.3, 0.4) is 0 Å². The molecule has 3 aliphatic rings. The Hall–Kier alpha value is -4.71. The summed E-state index contributed by atoms with van der Waals surface area (Å²) < 4.78 is 0. The number of aromatic nitrogens is 2. The van der Waals surface area contributed by atoms with Crippen molar-refractivity contribution in [1.29, 1.82) is 0 Å². The Bertz CT molecular complexity index is 1570. The normalized spacial score (nSPS) is 19.3. The Morgan fingerprint density at radius 3 is 2.64 bits per heavy atom. The van der Waals surface area contributed by atoms with E-state index in [4.69, 9.17) is 10.7 Å². The highest BCUT2D eigenvalue weighted by atomic mass is 16.2. The van der Waals surface area contributed by atoms with Gasteiger partial charge in [-0.15, -0.1) is 0 Å². The smallest absolute Gasteiger partial charge is 0.262 e. The van der Waals surface area contributed by atoms with Crippen molar-refractivity contribution in [2.45, 2.75) is 37.3 Å². The maximum absolute atomic E-state index is 13.0. The molecule has 0 aliphatic carbocycles. The number of nitrogens with zero attached hydrogens (tertiary/aromatic N) is 6. The van der Waals surface area contributed by atoms with Crippen LogP contribution in [0.1, 0.15) is 51.6 Å². The average Bonchev–Trinajstić information content (AvgIpc) is 3.55. The third kappa shape index (κ3) is 5.32. The van der Waals surface area contributed by atoms with Crippen LogP contribution < -0.4 is 11.1 Å². The number of nitrogens with one attached hydrogen (secondary N) is 1. The summed E-state index contributed by atoms with van der Waals surface area (Å²) in [6.45, 7) is 4.32. The molecule has 12 nitrogen and oxygen atoms in total. The van der Waals surface area contributed by atoms with Crippen molar-refractivity contribution in [3.8, 4) is 0 Å². The van der Waals surface area contributed by atoms with E-state index < -0.39 is 23.8 Å². The van der Waals surface area contributed by atoms with Gasteiger partial charge in [0.25, 0.3) is 11.8 Å². The van der Waals surface area contributed by atoms with Gasteiger partial charge in [-0.25, -0.2) is 4.98 Å². The molecule has 3 amide bonds. The zero-order chi connectivity index (χ0) is 29.2. The highest BCUT2D eigenvalue weighted by Gasteiger charge is 2.42. The number of para-hydroxylation sites is 2. The number of carbonyl (C=O) groups is 4. The number of aldehydes is 1. The Morgan fingerprint density at radius 1 is 1.07 bits per heavy atom. The molecular weight excluding hydrogens is 536 g/mol. The van der Waals surface area contributed by atoms with Crippen molar-refractivity contribution in [3.05, 3.63) is 65.5 Å². The van der Waals surface area contributed by atoms with Crippen LogP contribution in [0, 0.1) is 0 Å².